The molecule has 4 N–H and O–H groups in total. The van der Waals surface area contributed by atoms with E-state index in [0.717, 1.165) is 17.7 Å². The van der Waals surface area contributed by atoms with Gasteiger partial charge in [0.1, 0.15) is 5.75 Å². The molecule has 2 rings (SSSR count). The van der Waals surface area contributed by atoms with Crippen LogP contribution in [0.3, 0.4) is 0 Å². The summed E-state index contributed by atoms with van der Waals surface area (Å²) < 4.78 is 0. The first-order valence-electron chi connectivity index (χ1n) is 6.01. The van der Waals surface area contributed by atoms with Crippen molar-refractivity contribution in [3.05, 3.63) is 23.8 Å². The number of carbonyl (C=O) groups is 1. The monoisotopic (exact) mass is 247 g/mol. The lowest BCUT2D eigenvalue weighted by atomic mass is 9.82. The van der Waals surface area contributed by atoms with Gasteiger partial charge in [0.25, 0.3) is 0 Å². The Balaban J connectivity index is 2.42. The van der Waals surface area contributed by atoms with E-state index >= 15 is 0 Å². The molecular formula is C13H17N3O2. The lowest BCUT2D eigenvalue weighted by Gasteiger charge is -2.27. The van der Waals surface area contributed by atoms with Crippen LogP contribution in [0.4, 0.5) is 5.69 Å². The van der Waals surface area contributed by atoms with Crippen molar-refractivity contribution in [3.63, 3.8) is 0 Å². The summed E-state index contributed by atoms with van der Waals surface area (Å²) >= 11 is 0. The van der Waals surface area contributed by atoms with Crippen molar-refractivity contribution >= 4 is 17.3 Å². The van der Waals surface area contributed by atoms with Gasteiger partial charge in [0.05, 0.1) is 11.4 Å². The van der Waals surface area contributed by atoms with Gasteiger partial charge < -0.3 is 10.8 Å². The van der Waals surface area contributed by atoms with Gasteiger partial charge in [0, 0.05) is 17.4 Å². The van der Waals surface area contributed by atoms with Crippen LogP contribution in [0.2, 0.25) is 0 Å². The number of hydrogen-bond acceptors (Lipinski definition) is 4. The lowest BCUT2D eigenvalue weighted by molar-refractivity contribution is -0.125. The molecule has 1 amide bonds. The van der Waals surface area contributed by atoms with Crippen LogP contribution >= 0.6 is 0 Å². The van der Waals surface area contributed by atoms with Crippen molar-refractivity contribution in [1.29, 1.82) is 0 Å². The fraction of sp³-hybridized carbons (Fsp3) is 0.385. The standard InChI is InChI=1S/C13H17N3O2/c1-3-9-7(2)13(18)16-15-12(9)8-4-5-10(14)11(17)6-8/h4-7,9,17H,3,14H2,1-2H3,(H,16,18). The zero-order chi connectivity index (χ0) is 13.3. The van der Waals surface area contributed by atoms with Crippen molar-refractivity contribution < 1.29 is 9.90 Å². The smallest absolute Gasteiger partial charge is 0.243 e. The highest BCUT2D eigenvalue weighted by Gasteiger charge is 2.31. The van der Waals surface area contributed by atoms with Gasteiger partial charge in [-0.15, -0.1) is 0 Å². The Kier molecular flexibility index (Phi) is 3.23. The van der Waals surface area contributed by atoms with Crippen LogP contribution in [0.5, 0.6) is 5.75 Å². The van der Waals surface area contributed by atoms with Crippen LogP contribution in [0.1, 0.15) is 25.8 Å². The molecule has 2 unspecified atom stereocenters. The van der Waals surface area contributed by atoms with Crippen molar-refractivity contribution in [2.45, 2.75) is 20.3 Å². The van der Waals surface area contributed by atoms with Gasteiger partial charge in [-0.1, -0.05) is 19.9 Å². The molecule has 5 heteroatoms. The largest absolute Gasteiger partial charge is 0.506 e. The molecule has 1 heterocycles. The van der Waals surface area contributed by atoms with Crippen LogP contribution in [0.15, 0.2) is 23.3 Å². The molecule has 0 radical (unpaired) electrons. The van der Waals surface area contributed by atoms with E-state index < -0.39 is 0 Å². The predicted molar refractivity (Wildman–Crippen MR) is 70.1 cm³/mol. The zero-order valence-electron chi connectivity index (χ0n) is 10.5. The molecule has 0 spiro atoms. The Morgan fingerprint density at radius 2 is 2.22 bits per heavy atom. The Morgan fingerprint density at radius 1 is 1.50 bits per heavy atom. The molecule has 0 saturated carbocycles. The molecule has 1 aliphatic heterocycles. The predicted octanol–water partition coefficient (Wildman–Crippen LogP) is 1.47. The normalized spacial score (nSPS) is 23.4. The summed E-state index contributed by atoms with van der Waals surface area (Å²) in [5.74, 6) is -0.0937. The van der Waals surface area contributed by atoms with Gasteiger partial charge in [-0.25, -0.2) is 5.43 Å². The third-order valence-electron chi connectivity index (χ3n) is 3.42. The average molecular weight is 247 g/mol. The zero-order valence-corrected chi connectivity index (χ0v) is 10.5. The summed E-state index contributed by atoms with van der Waals surface area (Å²) in [6.07, 6.45) is 0.818. The topological polar surface area (TPSA) is 87.7 Å². The van der Waals surface area contributed by atoms with E-state index in [-0.39, 0.29) is 23.5 Å². The summed E-state index contributed by atoms with van der Waals surface area (Å²) in [5.41, 5.74) is 10.0. The van der Waals surface area contributed by atoms with Gasteiger partial charge in [-0.05, 0) is 18.6 Å². The third kappa shape index (κ3) is 2.03. The van der Waals surface area contributed by atoms with Gasteiger partial charge in [0.2, 0.25) is 5.91 Å². The van der Waals surface area contributed by atoms with E-state index in [2.05, 4.69) is 10.5 Å². The van der Waals surface area contributed by atoms with Gasteiger partial charge in [-0.3, -0.25) is 4.79 Å². The molecule has 18 heavy (non-hydrogen) atoms. The fourth-order valence-electron chi connectivity index (χ4n) is 2.25. The molecule has 0 saturated heterocycles. The Bertz CT molecular complexity index is 511. The highest BCUT2D eigenvalue weighted by atomic mass is 16.3. The molecular weight excluding hydrogens is 230 g/mol. The Hall–Kier alpha value is -2.04. The number of nitrogens with two attached hydrogens (primary N) is 1. The first kappa shape index (κ1) is 12.4. The molecule has 0 bridgehead atoms. The molecule has 0 fully saturated rings. The number of hydrogen-bond donors (Lipinski definition) is 3. The summed E-state index contributed by atoms with van der Waals surface area (Å²) in [5, 5.41) is 13.8. The van der Waals surface area contributed by atoms with E-state index in [0.29, 0.717) is 5.69 Å². The van der Waals surface area contributed by atoms with Gasteiger partial charge >= 0.3 is 0 Å². The molecule has 1 aromatic carbocycles. The van der Waals surface area contributed by atoms with E-state index in [1.807, 2.05) is 13.8 Å². The summed E-state index contributed by atoms with van der Waals surface area (Å²) in [6.45, 7) is 3.90. The maximum atomic E-state index is 11.6. The lowest BCUT2D eigenvalue weighted by Crippen LogP contribution is -2.40. The van der Waals surface area contributed by atoms with Crippen LogP contribution in [0.25, 0.3) is 0 Å². The van der Waals surface area contributed by atoms with Crippen LogP contribution in [-0.4, -0.2) is 16.7 Å². The maximum absolute atomic E-state index is 11.6. The van der Waals surface area contributed by atoms with Crippen LogP contribution in [-0.2, 0) is 4.79 Å². The minimum absolute atomic E-state index is 0.0367. The second-order valence-electron chi connectivity index (χ2n) is 4.55. The van der Waals surface area contributed by atoms with Crippen molar-refractivity contribution in [3.8, 4) is 5.75 Å². The number of anilines is 1. The van der Waals surface area contributed by atoms with Crippen LogP contribution < -0.4 is 11.2 Å². The molecule has 0 aliphatic carbocycles. The van der Waals surface area contributed by atoms with E-state index in [4.69, 9.17) is 5.73 Å². The SMILES string of the molecule is CCC1C(c2ccc(N)c(O)c2)=NNC(=O)C1C. The number of hydrazone groups is 1. The van der Waals surface area contributed by atoms with Crippen LogP contribution in [0, 0.1) is 11.8 Å². The quantitative estimate of drug-likeness (QED) is 0.546. The van der Waals surface area contributed by atoms with Gasteiger partial charge in [0.15, 0.2) is 0 Å². The van der Waals surface area contributed by atoms with E-state index in [1.165, 1.54) is 0 Å². The highest BCUT2D eigenvalue weighted by Crippen LogP contribution is 2.28. The first-order valence-corrected chi connectivity index (χ1v) is 6.01. The second-order valence-corrected chi connectivity index (χ2v) is 4.55. The summed E-state index contributed by atoms with van der Waals surface area (Å²) in [4.78, 5) is 11.6. The number of carbonyl (C=O) groups excluding carboxylic acids is 1. The second kappa shape index (κ2) is 4.68. The fourth-order valence-corrected chi connectivity index (χ4v) is 2.25. The number of rotatable bonds is 2. The molecule has 1 aliphatic rings. The minimum Gasteiger partial charge on any atom is -0.506 e. The van der Waals surface area contributed by atoms with Crippen molar-refractivity contribution in [2.75, 3.05) is 5.73 Å². The number of nitrogen functional groups attached to an aromatic ring is 1. The Labute approximate surface area is 106 Å². The maximum Gasteiger partial charge on any atom is 0.243 e. The molecule has 0 aromatic heterocycles. The Morgan fingerprint density at radius 3 is 2.83 bits per heavy atom. The molecule has 1 aromatic rings. The number of phenols is 1. The number of benzene rings is 1. The number of phenolic OH excluding ortho intramolecular Hbond substituents is 1. The van der Waals surface area contributed by atoms with E-state index in [9.17, 15) is 9.90 Å². The minimum atomic E-state index is -0.123. The molecule has 5 nitrogen and oxygen atoms in total. The number of nitrogens with zero attached hydrogens (tertiary/aromatic N) is 1. The highest BCUT2D eigenvalue weighted by molar-refractivity contribution is 6.07. The number of amides is 1. The van der Waals surface area contributed by atoms with E-state index in [1.54, 1.807) is 18.2 Å². The first-order chi connectivity index (χ1) is 8.54. The van der Waals surface area contributed by atoms with Gasteiger partial charge in [-0.2, -0.15) is 5.10 Å². The third-order valence-corrected chi connectivity index (χ3v) is 3.42. The molecule has 2 atom stereocenters. The van der Waals surface area contributed by atoms with Crippen molar-refractivity contribution in [1.82, 2.24) is 5.43 Å². The van der Waals surface area contributed by atoms with Crippen molar-refractivity contribution in [2.24, 2.45) is 16.9 Å². The number of aromatic hydroxyl groups is 1. The number of nitrogens with one attached hydrogen (secondary N) is 1. The average Bonchev–Trinajstić information content (AvgIpc) is 2.36. The summed E-state index contributed by atoms with van der Waals surface area (Å²) in [7, 11) is 0. The summed E-state index contributed by atoms with van der Waals surface area (Å²) in [6, 6.07) is 5.03. The molecule has 96 valence electrons.